The molecule has 4 aliphatic rings. The summed E-state index contributed by atoms with van der Waals surface area (Å²) in [5.74, 6) is -0.881. The molecule has 3 amide bonds. The number of carbonyl (C=O) groups excluding carboxylic acids is 3. The molecular formula is C36H55Cl2FN4O4. The van der Waals surface area contributed by atoms with Crippen LogP contribution in [0, 0.1) is 23.1 Å². The van der Waals surface area contributed by atoms with E-state index >= 15 is 4.39 Å². The van der Waals surface area contributed by atoms with Crippen LogP contribution in [0.3, 0.4) is 0 Å². The van der Waals surface area contributed by atoms with Crippen LogP contribution in [0.1, 0.15) is 92.1 Å². The third kappa shape index (κ3) is 8.27. The summed E-state index contributed by atoms with van der Waals surface area (Å²) in [6, 6.07) is 3.82. The second-order valence-corrected chi connectivity index (χ2v) is 16.6. The van der Waals surface area contributed by atoms with Gasteiger partial charge in [0.15, 0.2) is 0 Å². The maximum absolute atomic E-state index is 15.4. The summed E-state index contributed by atoms with van der Waals surface area (Å²) in [6.07, 6.45) is 4.38. The monoisotopic (exact) mass is 696 g/mol. The van der Waals surface area contributed by atoms with Gasteiger partial charge in [0, 0.05) is 60.7 Å². The minimum atomic E-state index is -0.687. The number of likely N-dealkylation sites (tertiary alicyclic amines) is 2. The molecular weight excluding hydrogens is 642 g/mol. The summed E-state index contributed by atoms with van der Waals surface area (Å²) in [7, 11) is 0. The number of amides is 3. The smallest absolute Gasteiger partial charge is 0.245 e. The van der Waals surface area contributed by atoms with Gasteiger partial charge < -0.3 is 19.4 Å². The summed E-state index contributed by atoms with van der Waals surface area (Å²) in [4.78, 5) is 51.1. The summed E-state index contributed by atoms with van der Waals surface area (Å²) >= 11 is 6.12. The number of morpholine rings is 1. The van der Waals surface area contributed by atoms with Crippen molar-refractivity contribution in [3.63, 3.8) is 0 Å². The molecule has 1 aromatic carbocycles. The topological polar surface area (TPSA) is 73.4 Å². The van der Waals surface area contributed by atoms with Gasteiger partial charge in [-0.2, -0.15) is 0 Å². The van der Waals surface area contributed by atoms with E-state index in [2.05, 4.69) is 37.5 Å². The average molecular weight is 698 g/mol. The first-order valence-electron chi connectivity index (χ1n) is 17.3. The molecule has 0 aromatic heterocycles. The summed E-state index contributed by atoms with van der Waals surface area (Å²) in [5, 5.41) is 0.314. The molecule has 47 heavy (non-hydrogen) atoms. The van der Waals surface area contributed by atoms with Gasteiger partial charge in [0.1, 0.15) is 11.9 Å². The molecule has 5 rings (SSSR count). The zero-order chi connectivity index (χ0) is 33.6. The first kappa shape index (κ1) is 37.9. The van der Waals surface area contributed by atoms with E-state index in [1.165, 1.54) is 6.07 Å². The van der Waals surface area contributed by atoms with E-state index in [-0.39, 0.29) is 47.8 Å². The van der Waals surface area contributed by atoms with Gasteiger partial charge in [0.05, 0.1) is 25.2 Å². The van der Waals surface area contributed by atoms with Crippen LogP contribution in [0.25, 0.3) is 0 Å². The van der Waals surface area contributed by atoms with Gasteiger partial charge in [-0.15, -0.1) is 12.4 Å². The molecule has 0 radical (unpaired) electrons. The molecule has 3 saturated heterocycles. The standard InChI is InChI=1S/C36H54ClFN4O4.ClH/c1-23-8-11-25(12-9-23)42(34(45)35(2,3)4)26-19-31(33(44)39-14-16-46-17-15-39)41(20-26)32(43)29-22-40(36(5,6)7)21-28(29)27-13-10-24(37)18-30(27)38;/h10,13,18,23,25-26,28-29,31H,8-9,11-12,14-17,19-22H2,1-7H3;1H/t23?,25?,26-,28-,29+,31-;/m0./s1. The average Bonchev–Trinajstić information content (AvgIpc) is 3.63. The van der Waals surface area contributed by atoms with Crippen molar-refractivity contribution in [2.75, 3.05) is 45.9 Å². The fourth-order valence-electron chi connectivity index (χ4n) is 7.96. The molecule has 264 valence electrons. The third-order valence-electron chi connectivity index (χ3n) is 10.8. The maximum Gasteiger partial charge on any atom is 0.245 e. The fourth-order valence-corrected chi connectivity index (χ4v) is 8.12. The Morgan fingerprint density at radius 2 is 1.55 bits per heavy atom. The van der Waals surface area contributed by atoms with Crippen molar-refractivity contribution in [3.8, 4) is 0 Å². The Hall–Kier alpha value is -1.94. The molecule has 1 aromatic rings. The molecule has 4 atom stereocenters. The molecule has 0 bridgehead atoms. The van der Waals surface area contributed by atoms with E-state index in [1.54, 1.807) is 17.0 Å². The van der Waals surface area contributed by atoms with E-state index in [4.69, 9.17) is 16.3 Å². The zero-order valence-electron chi connectivity index (χ0n) is 29.3. The number of hydrogen-bond acceptors (Lipinski definition) is 5. The van der Waals surface area contributed by atoms with Crippen LogP contribution < -0.4 is 0 Å². The number of carbonyl (C=O) groups is 3. The van der Waals surface area contributed by atoms with Crippen LogP contribution in [0.4, 0.5) is 4.39 Å². The lowest BCUT2D eigenvalue weighted by Crippen LogP contribution is -2.53. The molecule has 8 nitrogen and oxygen atoms in total. The maximum atomic E-state index is 15.4. The van der Waals surface area contributed by atoms with Gasteiger partial charge in [-0.05, 0) is 76.5 Å². The lowest BCUT2D eigenvalue weighted by atomic mass is 9.84. The van der Waals surface area contributed by atoms with Crippen LogP contribution in [-0.4, -0.2) is 107 Å². The molecule has 1 saturated carbocycles. The number of nitrogens with zero attached hydrogens (tertiary/aromatic N) is 4. The molecule has 11 heteroatoms. The van der Waals surface area contributed by atoms with Crippen molar-refractivity contribution in [1.82, 2.24) is 19.6 Å². The Morgan fingerprint density at radius 1 is 0.915 bits per heavy atom. The Labute approximate surface area is 292 Å². The SMILES string of the molecule is CC1CCC(N(C(=O)C(C)(C)C)[C@H]2C[C@@H](C(=O)N3CCOCC3)N(C(=O)[C@@H]3CN(C(C)(C)C)C[C@H]3c3ccc(Cl)cc3F)C2)CC1.Cl. The highest BCUT2D eigenvalue weighted by Gasteiger charge is 2.51. The lowest BCUT2D eigenvalue weighted by Gasteiger charge is -2.42. The highest BCUT2D eigenvalue weighted by Crippen LogP contribution is 2.41. The van der Waals surface area contributed by atoms with E-state index < -0.39 is 29.1 Å². The predicted molar refractivity (Wildman–Crippen MR) is 185 cm³/mol. The number of halogens is 3. The molecule has 0 spiro atoms. The van der Waals surface area contributed by atoms with Gasteiger partial charge in [-0.1, -0.05) is 45.4 Å². The molecule has 3 heterocycles. The van der Waals surface area contributed by atoms with Crippen LogP contribution in [-0.2, 0) is 19.1 Å². The molecule has 0 N–H and O–H groups in total. The Morgan fingerprint density at radius 3 is 2.13 bits per heavy atom. The quantitative estimate of drug-likeness (QED) is 0.378. The molecule has 0 unspecified atom stereocenters. The van der Waals surface area contributed by atoms with Gasteiger partial charge in [-0.25, -0.2) is 4.39 Å². The van der Waals surface area contributed by atoms with Crippen LogP contribution >= 0.6 is 24.0 Å². The predicted octanol–water partition coefficient (Wildman–Crippen LogP) is 6.00. The van der Waals surface area contributed by atoms with Gasteiger partial charge in [0.25, 0.3) is 0 Å². The summed E-state index contributed by atoms with van der Waals surface area (Å²) < 4.78 is 21.0. The van der Waals surface area contributed by atoms with Gasteiger partial charge in [-0.3, -0.25) is 19.3 Å². The van der Waals surface area contributed by atoms with Crippen molar-refractivity contribution >= 4 is 41.7 Å². The first-order chi connectivity index (χ1) is 21.6. The Balaban J connectivity index is 0.00000500. The number of rotatable bonds is 5. The van der Waals surface area contributed by atoms with Crippen LogP contribution in [0.5, 0.6) is 0 Å². The van der Waals surface area contributed by atoms with Gasteiger partial charge in [0.2, 0.25) is 17.7 Å². The van der Waals surface area contributed by atoms with Crippen molar-refractivity contribution in [2.45, 2.75) is 110 Å². The van der Waals surface area contributed by atoms with Crippen molar-refractivity contribution in [2.24, 2.45) is 17.3 Å². The summed E-state index contributed by atoms with van der Waals surface area (Å²) in [6.45, 7) is 17.6. The fraction of sp³-hybridized carbons (Fsp3) is 0.750. The van der Waals surface area contributed by atoms with Crippen molar-refractivity contribution < 1.29 is 23.5 Å². The normalized spacial score (nSPS) is 29.0. The molecule has 3 aliphatic heterocycles. The van der Waals surface area contributed by atoms with E-state index in [0.717, 1.165) is 25.7 Å². The Kier molecular flexibility index (Phi) is 12.0. The number of benzene rings is 1. The largest absolute Gasteiger partial charge is 0.378 e. The highest BCUT2D eigenvalue weighted by atomic mass is 35.5. The minimum Gasteiger partial charge on any atom is -0.378 e. The lowest BCUT2D eigenvalue weighted by molar-refractivity contribution is -0.148. The minimum absolute atomic E-state index is 0. The highest BCUT2D eigenvalue weighted by molar-refractivity contribution is 6.30. The number of hydrogen-bond donors (Lipinski definition) is 0. The molecule has 1 aliphatic carbocycles. The molecule has 4 fully saturated rings. The van der Waals surface area contributed by atoms with Crippen molar-refractivity contribution in [1.29, 1.82) is 0 Å². The zero-order valence-corrected chi connectivity index (χ0v) is 30.8. The van der Waals surface area contributed by atoms with Gasteiger partial charge >= 0.3 is 0 Å². The number of ether oxygens (including phenoxy) is 1. The van der Waals surface area contributed by atoms with Crippen molar-refractivity contribution in [3.05, 3.63) is 34.6 Å². The van der Waals surface area contributed by atoms with E-state index in [0.29, 0.717) is 68.9 Å². The third-order valence-corrected chi connectivity index (χ3v) is 11.0. The van der Waals surface area contributed by atoms with Crippen LogP contribution in [0.2, 0.25) is 5.02 Å². The van der Waals surface area contributed by atoms with E-state index in [9.17, 15) is 14.4 Å². The second-order valence-electron chi connectivity index (χ2n) is 16.2. The van der Waals surface area contributed by atoms with E-state index in [1.807, 2.05) is 25.7 Å². The second kappa shape index (κ2) is 14.9. The summed E-state index contributed by atoms with van der Waals surface area (Å²) in [5.41, 5.74) is -0.358. The Bertz CT molecular complexity index is 1290. The van der Waals surface area contributed by atoms with Crippen LogP contribution in [0.15, 0.2) is 18.2 Å². The first-order valence-corrected chi connectivity index (χ1v) is 17.6.